The smallest absolute Gasteiger partial charge is 0.0538 e. The number of nitrogens with zero attached hydrogens (tertiary/aromatic N) is 3. The van der Waals surface area contributed by atoms with E-state index in [0.717, 1.165) is 13.1 Å². The van der Waals surface area contributed by atoms with Crippen LogP contribution in [0.5, 0.6) is 0 Å². The molecule has 2 aromatic heterocycles. The second kappa shape index (κ2) is 7.02. The lowest BCUT2D eigenvalue weighted by Crippen LogP contribution is -2.32. The molecule has 2 aromatic rings. The molecule has 0 fully saturated rings. The zero-order chi connectivity index (χ0) is 14.5. The van der Waals surface area contributed by atoms with Gasteiger partial charge in [-0.05, 0) is 31.8 Å². The van der Waals surface area contributed by atoms with E-state index in [1.165, 1.54) is 10.4 Å². The largest absolute Gasteiger partial charge is 0.329 e. The monoisotopic (exact) mass is 292 g/mol. The third kappa shape index (κ3) is 3.48. The first-order chi connectivity index (χ1) is 9.65. The van der Waals surface area contributed by atoms with Crippen molar-refractivity contribution in [2.75, 3.05) is 13.1 Å². The predicted molar refractivity (Wildman–Crippen MR) is 84.8 cm³/mol. The molecule has 0 aliphatic carbocycles. The van der Waals surface area contributed by atoms with Crippen molar-refractivity contribution in [1.82, 2.24) is 14.7 Å². The van der Waals surface area contributed by atoms with E-state index in [9.17, 15) is 0 Å². The van der Waals surface area contributed by atoms with Crippen LogP contribution < -0.4 is 5.73 Å². The average Bonchev–Trinajstić information content (AvgIpc) is 3.09. The molecule has 0 saturated heterocycles. The van der Waals surface area contributed by atoms with Crippen LogP contribution in [0.2, 0.25) is 0 Å². The number of nitrogens with two attached hydrogens (primary N) is 1. The van der Waals surface area contributed by atoms with Crippen LogP contribution in [0.4, 0.5) is 0 Å². The van der Waals surface area contributed by atoms with E-state index in [0.29, 0.717) is 12.6 Å². The van der Waals surface area contributed by atoms with Crippen molar-refractivity contribution in [3.8, 4) is 0 Å². The van der Waals surface area contributed by atoms with E-state index in [-0.39, 0.29) is 6.04 Å². The first kappa shape index (κ1) is 15.2. The molecule has 2 heterocycles. The van der Waals surface area contributed by atoms with Crippen LogP contribution in [0.15, 0.2) is 29.9 Å². The van der Waals surface area contributed by atoms with Crippen molar-refractivity contribution >= 4 is 11.3 Å². The van der Waals surface area contributed by atoms with Gasteiger partial charge in [0.25, 0.3) is 0 Å². The Morgan fingerprint density at radius 3 is 2.75 bits per heavy atom. The quantitative estimate of drug-likeness (QED) is 0.853. The maximum Gasteiger partial charge on any atom is 0.0538 e. The van der Waals surface area contributed by atoms with Gasteiger partial charge in [-0.3, -0.25) is 9.58 Å². The van der Waals surface area contributed by atoms with E-state index in [1.54, 1.807) is 11.3 Å². The van der Waals surface area contributed by atoms with Gasteiger partial charge in [-0.25, -0.2) is 0 Å². The van der Waals surface area contributed by atoms with Gasteiger partial charge in [-0.2, -0.15) is 5.10 Å². The summed E-state index contributed by atoms with van der Waals surface area (Å²) in [6.45, 7) is 9.00. The van der Waals surface area contributed by atoms with Crippen molar-refractivity contribution < 1.29 is 0 Å². The molecule has 110 valence electrons. The number of hydrogen-bond donors (Lipinski definition) is 1. The van der Waals surface area contributed by atoms with E-state index in [4.69, 9.17) is 5.73 Å². The summed E-state index contributed by atoms with van der Waals surface area (Å²) < 4.78 is 2.00. The number of thiophene rings is 1. The first-order valence-corrected chi connectivity index (χ1v) is 8.04. The van der Waals surface area contributed by atoms with E-state index < -0.39 is 0 Å². The summed E-state index contributed by atoms with van der Waals surface area (Å²) >= 11 is 1.80. The van der Waals surface area contributed by atoms with Gasteiger partial charge in [0.2, 0.25) is 0 Å². The van der Waals surface area contributed by atoms with Crippen LogP contribution in [0.1, 0.15) is 43.3 Å². The molecule has 0 aromatic carbocycles. The second-order valence-corrected chi connectivity index (χ2v) is 6.27. The van der Waals surface area contributed by atoms with Crippen LogP contribution in [0, 0.1) is 0 Å². The van der Waals surface area contributed by atoms with Crippen LogP contribution >= 0.6 is 11.3 Å². The fourth-order valence-corrected chi connectivity index (χ4v) is 3.08. The number of likely N-dealkylation sites (N-methyl/N-ethyl adjacent to an activating group) is 1. The molecular weight excluding hydrogens is 268 g/mol. The lowest BCUT2D eigenvalue weighted by atomic mass is 10.1. The SMILES string of the molecule is CCN(Cc1cccs1)C(CN)c1cnn(C(C)C)c1. The predicted octanol–water partition coefficient (Wildman–Crippen LogP) is 3.05. The first-order valence-electron chi connectivity index (χ1n) is 7.16. The zero-order valence-corrected chi connectivity index (χ0v) is 13.3. The molecule has 0 saturated carbocycles. The van der Waals surface area contributed by atoms with Gasteiger partial charge in [-0.1, -0.05) is 13.0 Å². The Bertz CT molecular complexity index is 504. The number of hydrogen-bond acceptors (Lipinski definition) is 4. The maximum absolute atomic E-state index is 6.02. The highest BCUT2D eigenvalue weighted by Crippen LogP contribution is 2.23. The summed E-state index contributed by atoms with van der Waals surface area (Å²) in [6.07, 6.45) is 4.08. The van der Waals surface area contributed by atoms with Crippen LogP contribution in [0.3, 0.4) is 0 Å². The van der Waals surface area contributed by atoms with Crippen LogP contribution in [-0.2, 0) is 6.54 Å². The molecule has 20 heavy (non-hydrogen) atoms. The highest BCUT2D eigenvalue weighted by molar-refractivity contribution is 7.09. The molecule has 0 radical (unpaired) electrons. The van der Waals surface area contributed by atoms with Crippen molar-refractivity contribution in [1.29, 1.82) is 0 Å². The molecule has 4 nitrogen and oxygen atoms in total. The highest BCUT2D eigenvalue weighted by atomic mass is 32.1. The Labute approximate surface area is 125 Å². The maximum atomic E-state index is 6.02. The lowest BCUT2D eigenvalue weighted by molar-refractivity contribution is 0.205. The normalized spacial score (nSPS) is 13.3. The van der Waals surface area contributed by atoms with Crippen molar-refractivity contribution in [3.63, 3.8) is 0 Å². The van der Waals surface area contributed by atoms with Crippen molar-refractivity contribution in [3.05, 3.63) is 40.3 Å². The molecule has 5 heteroatoms. The molecule has 1 atom stereocenters. The van der Waals surface area contributed by atoms with Crippen molar-refractivity contribution in [2.24, 2.45) is 5.73 Å². The van der Waals surface area contributed by atoms with Gasteiger partial charge >= 0.3 is 0 Å². The minimum Gasteiger partial charge on any atom is -0.329 e. The van der Waals surface area contributed by atoms with Gasteiger partial charge in [0.05, 0.1) is 12.2 Å². The van der Waals surface area contributed by atoms with Gasteiger partial charge in [0, 0.05) is 35.8 Å². The fourth-order valence-electron chi connectivity index (χ4n) is 2.35. The summed E-state index contributed by atoms with van der Waals surface area (Å²) in [5.74, 6) is 0. The molecule has 0 amide bonds. The molecule has 0 bridgehead atoms. The third-order valence-electron chi connectivity index (χ3n) is 3.54. The Kier molecular flexibility index (Phi) is 5.34. The lowest BCUT2D eigenvalue weighted by Gasteiger charge is -2.28. The summed E-state index contributed by atoms with van der Waals surface area (Å²) in [6, 6.07) is 4.89. The third-order valence-corrected chi connectivity index (χ3v) is 4.41. The van der Waals surface area contributed by atoms with E-state index in [2.05, 4.69) is 54.5 Å². The minimum absolute atomic E-state index is 0.231. The Morgan fingerprint density at radius 2 is 2.25 bits per heavy atom. The summed E-state index contributed by atoms with van der Waals surface area (Å²) in [5.41, 5.74) is 7.23. The summed E-state index contributed by atoms with van der Waals surface area (Å²) in [4.78, 5) is 3.79. The number of rotatable bonds is 7. The summed E-state index contributed by atoms with van der Waals surface area (Å²) in [7, 11) is 0. The Morgan fingerprint density at radius 1 is 1.45 bits per heavy atom. The minimum atomic E-state index is 0.231. The molecule has 0 aliphatic rings. The van der Waals surface area contributed by atoms with Gasteiger partial charge in [0.15, 0.2) is 0 Å². The molecule has 0 aliphatic heterocycles. The molecule has 0 spiro atoms. The van der Waals surface area contributed by atoms with Crippen LogP contribution in [0.25, 0.3) is 0 Å². The number of aromatic nitrogens is 2. The molecular formula is C15H24N4S. The Balaban J connectivity index is 2.15. The van der Waals surface area contributed by atoms with Crippen LogP contribution in [-0.4, -0.2) is 27.8 Å². The molecule has 1 unspecified atom stereocenters. The fraction of sp³-hybridized carbons (Fsp3) is 0.533. The second-order valence-electron chi connectivity index (χ2n) is 5.24. The topological polar surface area (TPSA) is 47.1 Å². The Hall–Kier alpha value is -1.17. The van der Waals surface area contributed by atoms with Crippen molar-refractivity contribution in [2.45, 2.75) is 39.4 Å². The van der Waals surface area contributed by atoms with E-state index >= 15 is 0 Å². The molecule has 2 rings (SSSR count). The average molecular weight is 292 g/mol. The molecule has 2 N–H and O–H groups in total. The van der Waals surface area contributed by atoms with Gasteiger partial charge in [0.1, 0.15) is 0 Å². The summed E-state index contributed by atoms with van der Waals surface area (Å²) in [5, 5.41) is 6.56. The highest BCUT2D eigenvalue weighted by Gasteiger charge is 2.20. The van der Waals surface area contributed by atoms with Gasteiger partial charge in [-0.15, -0.1) is 11.3 Å². The van der Waals surface area contributed by atoms with E-state index in [1.807, 2.05) is 10.9 Å². The van der Waals surface area contributed by atoms with Gasteiger partial charge < -0.3 is 5.73 Å². The standard InChI is InChI=1S/C15H24N4S/c1-4-18(11-14-6-5-7-20-14)15(8-16)13-9-17-19(10-13)12(2)3/h5-7,9-10,12,15H,4,8,11,16H2,1-3H3. The zero-order valence-electron chi connectivity index (χ0n) is 12.5.